The third-order valence-electron chi connectivity index (χ3n) is 2.58. The predicted molar refractivity (Wildman–Crippen MR) is 50.3 cm³/mol. The van der Waals surface area contributed by atoms with E-state index >= 15 is 0 Å². The van der Waals surface area contributed by atoms with E-state index in [0.717, 1.165) is 6.54 Å². The summed E-state index contributed by atoms with van der Waals surface area (Å²) in [6.45, 7) is 2.28. The van der Waals surface area contributed by atoms with E-state index in [2.05, 4.69) is 0 Å². The van der Waals surface area contributed by atoms with Crippen LogP contribution in [0, 0.1) is 5.92 Å². The van der Waals surface area contributed by atoms with Crippen LogP contribution in [0.2, 0.25) is 0 Å². The number of ketones is 1. The van der Waals surface area contributed by atoms with Gasteiger partial charge >= 0.3 is 0 Å². The molecule has 0 unspecified atom stereocenters. The largest absolute Gasteiger partial charge is 0.345 e. The maximum atomic E-state index is 11.3. The van der Waals surface area contributed by atoms with Gasteiger partial charge in [0.15, 0.2) is 0 Å². The summed E-state index contributed by atoms with van der Waals surface area (Å²) in [5.41, 5.74) is 0. The molecule has 0 N–H and O–H groups in total. The Balaban J connectivity index is 2.24. The first-order valence-corrected chi connectivity index (χ1v) is 4.83. The summed E-state index contributed by atoms with van der Waals surface area (Å²) < 4.78 is 0. The van der Waals surface area contributed by atoms with Gasteiger partial charge in [0.1, 0.15) is 5.78 Å². The fourth-order valence-corrected chi connectivity index (χ4v) is 1.51. The van der Waals surface area contributed by atoms with Crippen molar-refractivity contribution < 1.29 is 9.59 Å². The van der Waals surface area contributed by atoms with Crippen LogP contribution < -0.4 is 0 Å². The van der Waals surface area contributed by atoms with E-state index in [1.165, 1.54) is 26.2 Å². The minimum Gasteiger partial charge on any atom is -0.345 e. The smallest absolute Gasteiger partial charge is 0.229 e. The molecule has 1 aliphatic rings. The summed E-state index contributed by atoms with van der Waals surface area (Å²) in [4.78, 5) is 23.7. The zero-order chi connectivity index (χ0) is 9.84. The van der Waals surface area contributed by atoms with Gasteiger partial charge in [0.05, 0.1) is 6.42 Å². The van der Waals surface area contributed by atoms with Crippen molar-refractivity contribution in [3.8, 4) is 0 Å². The third kappa shape index (κ3) is 3.17. The van der Waals surface area contributed by atoms with E-state index in [0.29, 0.717) is 5.92 Å². The molecular formula is C10H17NO2. The molecule has 1 rings (SSSR count). The number of amides is 1. The molecule has 0 saturated heterocycles. The van der Waals surface area contributed by atoms with Crippen molar-refractivity contribution in [1.82, 2.24) is 4.90 Å². The van der Waals surface area contributed by atoms with Gasteiger partial charge in [-0.2, -0.15) is 0 Å². The number of hydrogen-bond donors (Lipinski definition) is 0. The lowest BCUT2D eigenvalue weighted by atomic mass is 9.85. The van der Waals surface area contributed by atoms with Gasteiger partial charge in [0, 0.05) is 13.6 Å². The molecule has 0 heterocycles. The first-order valence-electron chi connectivity index (χ1n) is 4.83. The van der Waals surface area contributed by atoms with Crippen LogP contribution in [0.3, 0.4) is 0 Å². The van der Waals surface area contributed by atoms with Crippen molar-refractivity contribution >= 4 is 11.7 Å². The van der Waals surface area contributed by atoms with Gasteiger partial charge in [-0.15, -0.1) is 0 Å². The van der Waals surface area contributed by atoms with Gasteiger partial charge in [-0.25, -0.2) is 0 Å². The fourth-order valence-electron chi connectivity index (χ4n) is 1.51. The summed E-state index contributed by atoms with van der Waals surface area (Å²) in [5.74, 6) is 0.589. The van der Waals surface area contributed by atoms with E-state index in [9.17, 15) is 9.59 Å². The monoisotopic (exact) mass is 183 g/mol. The lowest BCUT2D eigenvalue weighted by Crippen LogP contribution is -2.34. The minimum absolute atomic E-state index is 0.0422. The Kier molecular flexibility index (Phi) is 3.46. The predicted octanol–water partition coefficient (Wildman–Crippen LogP) is 1.22. The van der Waals surface area contributed by atoms with E-state index in [1.807, 2.05) is 0 Å². The summed E-state index contributed by atoms with van der Waals surface area (Å²) in [6, 6.07) is 0. The molecule has 0 aromatic heterocycles. The second kappa shape index (κ2) is 4.40. The molecule has 1 saturated carbocycles. The number of Topliss-reactive ketones (excluding diaryl/α,β-unsaturated/α-hetero) is 1. The number of carbonyl (C=O) groups excluding carboxylic acids is 2. The average molecular weight is 183 g/mol. The Morgan fingerprint density at radius 2 is 2.00 bits per heavy atom. The maximum Gasteiger partial charge on any atom is 0.229 e. The van der Waals surface area contributed by atoms with E-state index in [4.69, 9.17) is 0 Å². The van der Waals surface area contributed by atoms with Gasteiger partial charge < -0.3 is 4.90 Å². The standard InChI is InChI=1S/C10H17NO2/c1-8(12)6-10(13)11(2)7-9-4-3-5-9/h9H,3-7H2,1-2H3. The molecule has 1 aliphatic carbocycles. The summed E-state index contributed by atoms with van der Waals surface area (Å²) in [5, 5.41) is 0. The van der Waals surface area contributed by atoms with Crippen LogP contribution in [0.1, 0.15) is 32.6 Å². The van der Waals surface area contributed by atoms with Crippen LogP contribution in [0.4, 0.5) is 0 Å². The molecule has 0 aromatic carbocycles. The molecule has 1 amide bonds. The van der Waals surface area contributed by atoms with Crippen molar-refractivity contribution in [2.75, 3.05) is 13.6 Å². The van der Waals surface area contributed by atoms with Crippen LogP contribution in [0.25, 0.3) is 0 Å². The molecular weight excluding hydrogens is 166 g/mol. The Labute approximate surface area is 79.1 Å². The first kappa shape index (κ1) is 10.2. The normalized spacial score (nSPS) is 16.5. The Bertz CT molecular complexity index is 209. The van der Waals surface area contributed by atoms with Gasteiger partial charge in [0.2, 0.25) is 5.91 Å². The molecule has 0 aromatic rings. The molecule has 74 valence electrons. The van der Waals surface area contributed by atoms with E-state index in [-0.39, 0.29) is 18.1 Å². The van der Waals surface area contributed by atoms with Gasteiger partial charge in [-0.05, 0) is 25.7 Å². The molecule has 0 radical (unpaired) electrons. The van der Waals surface area contributed by atoms with Gasteiger partial charge in [-0.3, -0.25) is 9.59 Å². The zero-order valence-electron chi connectivity index (χ0n) is 8.38. The molecule has 3 nitrogen and oxygen atoms in total. The van der Waals surface area contributed by atoms with Crippen LogP contribution in [-0.4, -0.2) is 30.2 Å². The van der Waals surface area contributed by atoms with Gasteiger partial charge in [0.25, 0.3) is 0 Å². The number of carbonyl (C=O) groups is 2. The molecule has 0 atom stereocenters. The van der Waals surface area contributed by atoms with Gasteiger partial charge in [-0.1, -0.05) is 6.42 Å². The van der Waals surface area contributed by atoms with Crippen LogP contribution >= 0.6 is 0 Å². The fraction of sp³-hybridized carbons (Fsp3) is 0.800. The average Bonchev–Trinajstić information content (AvgIpc) is 1.94. The third-order valence-corrected chi connectivity index (χ3v) is 2.58. The highest BCUT2D eigenvalue weighted by Crippen LogP contribution is 2.26. The second-order valence-corrected chi connectivity index (χ2v) is 3.95. The lowest BCUT2D eigenvalue weighted by Gasteiger charge is -2.30. The quantitative estimate of drug-likeness (QED) is 0.615. The molecule has 13 heavy (non-hydrogen) atoms. The zero-order valence-corrected chi connectivity index (χ0v) is 8.38. The molecule has 0 aliphatic heterocycles. The van der Waals surface area contributed by atoms with E-state index < -0.39 is 0 Å². The Morgan fingerprint density at radius 3 is 2.38 bits per heavy atom. The lowest BCUT2D eigenvalue weighted by molar-refractivity contribution is -0.134. The van der Waals surface area contributed by atoms with Crippen molar-refractivity contribution in [2.24, 2.45) is 5.92 Å². The summed E-state index contributed by atoms with van der Waals surface area (Å²) >= 11 is 0. The number of nitrogens with zero attached hydrogens (tertiary/aromatic N) is 1. The topological polar surface area (TPSA) is 37.4 Å². The number of rotatable bonds is 4. The molecule has 3 heteroatoms. The molecule has 1 fully saturated rings. The van der Waals surface area contributed by atoms with Crippen LogP contribution in [0.5, 0.6) is 0 Å². The van der Waals surface area contributed by atoms with Crippen LogP contribution in [0.15, 0.2) is 0 Å². The van der Waals surface area contributed by atoms with Crippen molar-refractivity contribution in [2.45, 2.75) is 32.6 Å². The van der Waals surface area contributed by atoms with Crippen LogP contribution in [-0.2, 0) is 9.59 Å². The molecule has 0 bridgehead atoms. The van der Waals surface area contributed by atoms with Crippen molar-refractivity contribution in [1.29, 1.82) is 0 Å². The summed E-state index contributed by atoms with van der Waals surface area (Å²) in [7, 11) is 1.78. The highest BCUT2D eigenvalue weighted by atomic mass is 16.2. The molecule has 0 spiro atoms. The second-order valence-electron chi connectivity index (χ2n) is 3.95. The Hall–Kier alpha value is -0.860. The highest BCUT2D eigenvalue weighted by molar-refractivity contribution is 5.96. The highest BCUT2D eigenvalue weighted by Gasteiger charge is 2.21. The SMILES string of the molecule is CC(=O)CC(=O)N(C)CC1CCC1. The number of hydrogen-bond acceptors (Lipinski definition) is 2. The Morgan fingerprint density at radius 1 is 1.38 bits per heavy atom. The van der Waals surface area contributed by atoms with Crippen molar-refractivity contribution in [3.63, 3.8) is 0 Å². The first-order chi connectivity index (χ1) is 6.09. The minimum atomic E-state index is -0.0505. The summed E-state index contributed by atoms with van der Waals surface area (Å²) in [6.07, 6.45) is 3.82. The maximum absolute atomic E-state index is 11.3. The van der Waals surface area contributed by atoms with E-state index in [1.54, 1.807) is 11.9 Å². The van der Waals surface area contributed by atoms with Crippen molar-refractivity contribution in [3.05, 3.63) is 0 Å².